The lowest BCUT2D eigenvalue weighted by atomic mass is 10.1. The molecule has 9 nitrogen and oxygen atoms in total. The largest absolute Gasteiger partial charge is 0.322 e. The summed E-state index contributed by atoms with van der Waals surface area (Å²) >= 11 is 0. The van der Waals surface area contributed by atoms with Gasteiger partial charge in [0.2, 0.25) is 0 Å². The van der Waals surface area contributed by atoms with Gasteiger partial charge in [-0.15, -0.1) is 0 Å². The Kier molecular flexibility index (Phi) is 5.09. The molecule has 1 N–H and O–H groups in total. The van der Waals surface area contributed by atoms with E-state index in [-0.39, 0.29) is 30.0 Å². The third-order valence-electron chi connectivity index (χ3n) is 5.07. The van der Waals surface area contributed by atoms with Gasteiger partial charge in [-0.2, -0.15) is 10.4 Å². The van der Waals surface area contributed by atoms with E-state index in [2.05, 4.69) is 10.4 Å². The van der Waals surface area contributed by atoms with E-state index in [0.717, 1.165) is 11.1 Å². The van der Waals surface area contributed by atoms with Gasteiger partial charge in [0.1, 0.15) is 30.4 Å². The normalized spacial score (nSPS) is 18.3. The zero-order valence-electron chi connectivity index (χ0n) is 16.1. The fourth-order valence-corrected chi connectivity index (χ4v) is 3.59. The van der Waals surface area contributed by atoms with Crippen molar-refractivity contribution in [2.75, 3.05) is 25.6 Å². The Hall–Kier alpha value is -3.52. The quantitative estimate of drug-likeness (QED) is 0.805. The molecule has 0 spiro atoms. The second kappa shape index (κ2) is 7.72. The predicted octanol–water partition coefficient (Wildman–Crippen LogP) is 1.84. The average Bonchev–Trinajstić information content (AvgIpc) is 3.04. The SMILES string of the molecule is CN1OC(CF)Cn2nc3c(c2C1=O)CN(C(=O)Nc1ccc(F)c(C#N)c1)CC3. The fraction of sp³-hybridized carbons (Fsp3) is 0.368. The average molecular weight is 416 g/mol. The second-order valence-corrected chi connectivity index (χ2v) is 7.05. The Balaban J connectivity index is 1.57. The number of hydrogen-bond donors (Lipinski definition) is 1. The monoisotopic (exact) mass is 416 g/mol. The lowest BCUT2D eigenvalue weighted by molar-refractivity contribution is -0.152. The number of rotatable bonds is 2. The van der Waals surface area contributed by atoms with Crippen molar-refractivity contribution >= 4 is 17.6 Å². The van der Waals surface area contributed by atoms with Gasteiger partial charge in [-0.25, -0.2) is 18.6 Å². The molecule has 11 heteroatoms. The Labute approximate surface area is 170 Å². The molecule has 0 fully saturated rings. The van der Waals surface area contributed by atoms with Gasteiger partial charge in [-0.3, -0.25) is 14.3 Å². The smallest absolute Gasteiger partial charge is 0.320 e. The van der Waals surface area contributed by atoms with E-state index >= 15 is 0 Å². The summed E-state index contributed by atoms with van der Waals surface area (Å²) in [6, 6.07) is 4.99. The minimum atomic E-state index is -0.825. The molecule has 1 aromatic heterocycles. The third kappa shape index (κ3) is 3.46. The molecule has 2 aromatic rings. The highest BCUT2D eigenvalue weighted by molar-refractivity contribution is 5.94. The number of urea groups is 1. The molecule has 1 aromatic carbocycles. The summed E-state index contributed by atoms with van der Waals surface area (Å²) < 4.78 is 28.1. The number of carbonyl (C=O) groups is 2. The van der Waals surface area contributed by atoms with Crippen molar-refractivity contribution in [1.29, 1.82) is 5.26 Å². The number of aromatic nitrogens is 2. The summed E-state index contributed by atoms with van der Waals surface area (Å²) in [5, 5.41) is 17.0. The number of nitriles is 1. The van der Waals surface area contributed by atoms with Gasteiger partial charge in [-0.05, 0) is 18.2 Å². The summed E-state index contributed by atoms with van der Waals surface area (Å²) in [6.45, 7) is -0.191. The highest BCUT2D eigenvalue weighted by atomic mass is 19.1. The van der Waals surface area contributed by atoms with Gasteiger partial charge in [0.05, 0.1) is 24.3 Å². The first-order valence-electron chi connectivity index (χ1n) is 9.26. The maximum atomic E-state index is 13.5. The number of fused-ring (bicyclic) bond motifs is 3. The number of carbonyl (C=O) groups excluding carboxylic acids is 2. The zero-order valence-corrected chi connectivity index (χ0v) is 16.1. The maximum Gasteiger partial charge on any atom is 0.322 e. The Bertz CT molecular complexity index is 1060. The number of halogens is 2. The van der Waals surface area contributed by atoms with Gasteiger partial charge >= 0.3 is 6.03 Å². The van der Waals surface area contributed by atoms with Crippen LogP contribution in [-0.2, 0) is 24.3 Å². The van der Waals surface area contributed by atoms with Crippen LogP contribution in [0.5, 0.6) is 0 Å². The Morgan fingerprint density at radius 2 is 2.27 bits per heavy atom. The maximum absolute atomic E-state index is 13.5. The zero-order chi connectivity index (χ0) is 21.4. The van der Waals surface area contributed by atoms with E-state index in [4.69, 9.17) is 10.1 Å². The van der Waals surface area contributed by atoms with Crippen LogP contribution in [0, 0.1) is 17.1 Å². The molecule has 0 radical (unpaired) electrons. The number of hydrogen-bond acceptors (Lipinski definition) is 5. The molecule has 3 heterocycles. The molecule has 0 saturated heterocycles. The summed E-state index contributed by atoms with van der Waals surface area (Å²) in [7, 11) is 1.41. The van der Waals surface area contributed by atoms with Crippen LogP contribution in [0.2, 0.25) is 0 Å². The Morgan fingerprint density at radius 1 is 1.47 bits per heavy atom. The van der Waals surface area contributed by atoms with Crippen LogP contribution in [0.1, 0.15) is 27.3 Å². The van der Waals surface area contributed by atoms with E-state index in [9.17, 15) is 18.4 Å². The number of benzene rings is 1. The first-order chi connectivity index (χ1) is 14.4. The Morgan fingerprint density at radius 3 is 3.00 bits per heavy atom. The molecule has 1 unspecified atom stereocenters. The second-order valence-electron chi connectivity index (χ2n) is 7.05. The number of hydroxylamine groups is 2. The molecular weight excluding hydrogens is 398 g/mol. The van der Waals surface area contributed by atoms with Gasteiger partial charge in [0.25, 0.3) is 5.91 Å². The van der Waals surface area contributed by atoms with Crippen molar-refractivity contribution in [2.45, 2.75) is 25.6 Å². The molecule has 0 bridgehead atoms. The van der Waals surface area contributed by atoms with Crippen LogP contribution in [0.25, 0.3) is 0 Å². The third-order valence-corrected chi connectivity index (χ3v) is 5.07. The summed E-state index contributed by atoms with van der Waals surface area (Å²) in [5.74, 6) is -1.13. The minimum absolute atomic E-state index is 0.0909. The number of amides is 3. The first kappa shape index (κ1) is 19.8. The fourth-order valence-electron chi connectivity index (χ4n) is 3.59. The van der Waals surface area contributed by atoms with E-state index in [0.29, 0.717) is 24.2 Å². The molecule has 2 aliphatic heterocycles. The summed E-state index contributed by atoms with van der Waals surface area (Å²) in [4.78, 5) is 32.2. The lowest BCUT2D eigenvalue weighted by Gasteiger charge is -2.27. The van der Waals surface area contributed by atoms with Crippen molar-refractivity contribution in [3.05, 3.63) is 46.5 Å². The minimum Gasteiger partial charge on any atom is -0.320 e. The predicted molar refractivity (Wildman–Crippen MR) is 99.4 cm³/mol. The molecule has 30 heavy (non-hydrogen) atoms. The number of anilines is 1. The molecule has 3 amide bonds. The standard InChI is InChI=1S/C19H18F2N6O3/c1-25-18(28)17-14-10-26(5-4-16(14)24-27(17)9-13(7-20)30-25)19(29)23-12-2-3-15(21)11(6-12)8-22/h2-3,6,13H,4-5,7,9-10H2,1H3,(H,23,29). The lowest BCUT2D eigenvalue weighted by Crippen LogP contribution is -2.39. The molecular formula is C19H18F2N6O3. The van der Waals surface area contributed by atoms with Crippen LogP contribution in [0.4, 0.5) is 19.3 Å². The van der Waals surface area contributed by atoms with E-state index in [1.54, 1.807) is 6.07 Å². The molecule has 4 rings (SSSR count). The molecule has 0 saturated carbocycles. The number of nitrogens with one attached hydrogen (secondary N) is 1. The molecule has 0 aliphatic carbocycles. The van der Waals surface area contributed by atoms with Crippen LogP contribution >= 0.6 is 0 Å². The molecule has 2 aliphatic rings. The highest BCUT2D eigenvalue weighted by Crippen LogP contribution is 2.26. The van der Waals surface area contributed by atoms with Crippen LogP contribution < -0.4 is 5.32 Å². The van der Waals surface area contributed by atoms with Crippen LogP contribution in [0.15, 0.2) is 18.2 Å². The van der Waals surface area contributed by atoms with Crippen LogP contribution in [-0.4, -0.2) is 58.1 Å². The summed E-state index contributed by atoms with van der Waals surface area (Å²) in [6.07, 6.45) is -0.401. The van der Waals surface area contributed by atoms with Gasteiger partial charge in [0, 0.05) is 31.3 Å². The van der Waals surface area contributed by atoms with E-state index in [1.165, 1.54) is 28.8 Å². The van der Waals surface area contributed by atoms with Crippen LogP contribution in [0.3, 0.4) is 0 Å². The number of nitrogens with zero attached hydrogens (tertiary/aromatic N) is 5. The molecule has 156 valence electrons. The van der Waals surface area contributed by atoms with Gasteiger partial charge in [-0.1, -0.05) is 0 Å². The van der Waals surface area contributed by atoms with E-state index in [1.807, 2.05) is 0 Å². The van der Waals surface area contributed by atoms with Gasteiger partial charge < -0.3 is 10.2 Å². The van der Waals surface area contributed by atoms with Crippen molar-refractivity contribution in [3.8, 4) is 6.07 Å². The number of alkyl halides is 1. The molecule has 1 atom stereocenters. The van der Waals surface area contributed by atoms with E-state index < -0.39 is 30.5 Å². The van der Waals surface area contributed by atoms with Gasteiger partial charge in [0.15, 0.2) is 0 Å². The first-order valence-corrected chi connectivity index (χ1v) is 9.26. The van der Waals surface area contributed by atoms with Crippen molar-refractivity contribution in [2.24, 2.45) is 0 Å². The van der Waals surface area contributed by atoms with Crippen molar-refractivity contribution in [1.82, 2.24) is 19.7 Å². The highest BCUT2D eigenvalue weighted by Gasteiger charge is 2.35. The van der Waals surface area contributed by atoms with Crippen molar-refractivity contribution < 1.29 is 23.2 Å². The summed E-state index contributed by atoms with van der Waals surface area (Å²) in [5.41, 5.74) is 1.66. The topological polar surface area (TPSA) is 103 Å². The van der Waals surface area contributed by atoms with Crippen molar-refractivity contribution in [3.63, 3.8) is 0 Å².